The van der Waals surface area contributed by atoms with Crippen LogP contribution in [-0.4, -0.2) is 24.2 Å². The maximum absolute atomic E-state index is 4.24. The number of nitrogens with zero attached hydrogens (tertiary/aromatic N) is 4. The number of rotatable bonds is 4. The van der Waals surface area contributed by atoms with Crippen LogP contribution in [-0.2, 0) is 28.2 Å². The summed E-state index contributed by atoms with van der Waals surface area (Å²) in [4.78, 5) is 0. The van der Waals surface area contributed by atoms with Crippen LogP contribution in [0.3, 0.4) is 0 Å². The highest BCUT2D eigenvalue weighted by Crippen LogP contribution is 2.43. The van der Waals surface area contributed by atoms with Crippen LogP contribution in [0.2, 0.25) is 0 Å². The molecule has 5 aliphatic heterocycles. The molecule has 0 aromatic carbocycles. The summed E-state index contributed by atoms with van der Waals surface area (Å²) in [5.41, 5.74) is 16.4. The van der Waals surface area contributed by atoms with Crippen LogP contribution in [0, 0.1) is 0 Å². The average Bonchev–Trinajstić information content (AvgIpc) is 3.99. The first-order chi connectivity index (χ1) is 25.4. The molecule has 8 nitrogen and oxygen atoms in total. The zero-order valence-corrected chi connectivity index (χ0v) is 31.0. The Balaban J connectivity index is 1.24. The summed E-state index contributed by atoms with van der Waals surface area (Å²) in [6, 6.07) is 19.4. The predicted octanol–water partition coefficient (Wildman–Crippen LogP) is 3.95. The lowest BCUT2D eigenvalue weighted by Gasteiger charge is -2.26. The van der Waals surface area contributed by atoms with Crippen LogP contribution in [0.25, 0.3) is 22.3 Å². The van der Waals surface area contributed by atoms with Crippen molar-refractivity contribution in [3.05, 3.63) is 143 Å². The zero-order chi connectivity index (χ0) is 35.3. The van der Waals surface area contributed by atoms with Gasteiger partial charge in [-0.05, 0) is 84.8 Å². The Hall–Kier alpha value is -5.08. The van der Waals surface area contributed by atoms with E-state index in [4.69, 9.17) is 0 Å². The summed E-state index contributed by atoms with van der Waals surface area (Å²) in [6.45, 7) is 0. The van der Waals surface area contributed by atoms with Gasteiger partial charge in [-0.1, -0.05) is 0 Å². The Morgan fingerprint density at radius 2 is 0.692 bits per heavy atom. The molecule has 4 N–H and O–H groups in total. The number of hydrogen-bond acceptors (Lipinski definition) is 4. The second-order valence-electron chi connectivity index (χ2n) is 15.5. The van der Waals surface area contributed by atoms with E-state index in [1.807, 2.05) is 0 Å². The van der Waals surface area contributed by atoms with E-state index < -0.39 is 0 Å². The van der Waals surface area contributed by atoms with E-state index >= 15 is 0 Å². The zero-order valence-electron chi connectivity index (χ0n) is 31.0. The first-order valence-corrected chi connectivity index (χ1v) is 19.2. The Morgan fingerprint density at radius 3 is 1.06 bits per heavy atom. The maximum atomic E-state index is 4.24. The Bertz CT molecular complexity index is 2120. The Kier molecular flexibility index (Phi) is 8.50. The molecular formula is C44H52N8+4. The van der Waals surface area contributed by atoms with Gasteiger partial charge in [-0.15, -0.1) is 0 Å². The fourth-order valence-electron chi connectivity index (χ4n) is 9.37. The van der Waals surface area contributed by atoms with Crippen molar-refractivity contribution < 1.29 is 18.3 Å². The molecule has 4 fully saturated rings. The maximum Gasteiger partial charge on any atom is 0.169 e. The normalized spacial score (nSPS) is 24.4. The standard InChI is InChI=1S/C44H49N8/c1-49-21-13-29(14-22-49)41-33-5-7-35(45-33)42(30-15-23-50(2)24-16-30)37-9-11-39(47-37)44(32-19-27-52(4)28-20-32)40-12-10-38(48-40)43(36-8-6-34(41)46-36)31-17-25-51(3)26-18-31/h13-28,33,35-36,40,45H,5-12H2,1-4H3/q+1/p+3. The largest absolute Gasteiger partial charge is 0.381 e. The molecular weight excluding hydrogens is 641 g/mol. The molecule has 8 heteroatoms. The van der Waals surface area contributed by atoms with E-state index in [-0.39, 0.29) is 24.2 Å². The summed E-state index contributed by atoms with van der Waals surface area (Å²) in [5, 5.41) is 16.7. The quantitative estimate of drug-likeness (QED) is 0.245. The number of fused-ring (bicyclic) bond motifs is 8. The van der Waals surface area contributed by atoms with E-state index in [1.165, 1.54) is 67.3 Å². The molecule has 4 aromatic rings. The molecule has 9 rings (SSSR count). The van der Waals surface area contributed by atoms with Crippen molar-refractivity contribution in [2.75, 3.05) is 0 Å². The number of aryl methyl sites for hydroxylation is 4. The fourth-order valence-corrected chi connectivity index (χ4v) is 9.37. The van der Waals surface area contributed by atoms with E-state index in [0.717, 1.165) is 51.4 Å². The van der Waals surface area contributed by atoms with Crippen molar-refractivity contribution in [2.24, 2.45) is 28.2 Å². The molecule has 0 spiro atoms. The highest BCUT2D eigenvalue weighted by Gasteiger charge is 2.39. The van der Waals surface area contributed by atoms with Crippen LogP contribution in [0.1, 0.15) is 73.6 Å². The van der Waals surface area contributed by atoms with Crippen molar-refractivity contribution in [1.82, 2.24) is 21.3 Å². The predicted molar refractivity (Wildman–Crippen MR) is 203 cm³/mol. The second kappa shape index (κ2) is 13.5. The van der Waals surface area contributed by atoms with Crippen molar-refractivity contribution in [2.45, 2.75) is 75.5 Å². The molecule has 4 aromatic heterocycles. The molecule has 5 aliphatic rings. The highest BCUT2D eigenvalue weighted by atomic mass is 15.1. The Labute approximate surface area is 307 Å². The van der Waals surface area contributed by atoms with Gasteiger partial charge in [0.1, 0.15) is 28.2 Å². The summed E-state index contributed by atoms with van der Waals surface area (Å²) in [6.07, 6.45) is 25.9. The van der Waals surface area contributed by atoms with Gasteiger partial charge < -0.3 is 21.3 Å². The van der Waals surface area contributed by atoms with Crippen LogP contribution < -0.4 is 39.5 Å². The topological polar surface area (TPSA) is 63.6 Å². The number of hydrogen-bond donors (Lipinski definition) is 4. The van der Waals surface area contributed by atoms with Gasteiger partial charge in [-0.3, -0.25) is 0 Å². The molecule has 8 bridgehead atoms. The van der Waals surface area contributed by atoms with Crippen LogP contribution in [0.4, 0.5) is 0 Å². The van der Waals surface area contributed by atoms with Crippen molar-refractivity contribution in [3.63, 3.8) is 0 Å². The highest BCUT2D eigenvalue weighted by molar-refractivity contribution is 5.81. The molecule has 264 valence electrons. The van der Waals surface area contributed by atoms with Gasteiger partial charge in [-0.25, -0.2) is 18.3 Å². The number of pyridine rings is 4. The monoisotopic (exact) mass is 692 g/mol. The number of aromatic nitrogens is 4. The van der Waals surface area contributed by atoms with Gasteiger partial charge in [0, 0.05) is 94.5 Å². The lowest BCUT2D eigenvalue weighted by atomic mass is 9.93. The summed E-state index contributed by atoms with van der Waals surface area (Å²) < 4.78 is 8.54. The van der Waals surface area contributed by atoms with Crippen LogP contribution in [0.5, 0.6) is 0 Å². The van der Waals surface area contributed by atoms with Crippen LogP contribution >= 0.6 is 0 Å². The third-order valence-electron chi connectivity index (χ3n) is 12.0. The second-order valence-corrected chi connectivity index (χ2v) is 15.5. The van der Waals surface area contributed by atoms with Crippen molar-refractivity contribution in [3.8, 4) is 0 Å². The molecule has 4 atom stereocenters. The molecule has 0 radical (unpaired) electrons. The van der Waals surface area contributed by atoms with Gasteiger partial charge >= 0.3 is 0 Å². The molecule has 0 amide bonds. The molecule has 0 saturated carbocycles. The molecule has 9 heterocycles. The van der Waals surface area contributed by atoms with Crippen molar-refractivity contribution in [1.29, 1.82) is 0 Å². The Morgan fingerprint density at radius 1 is 0.385 bits per heavy atom. The van der Waals surface area contributed by atoms with E-state index in [1.54, 1.807) is 0 Å². The lowest BCUT2D eigenvalue weighted by Crippen LogP contribution is -2.35. The summed E-state index contributed by atoms with van der Waals surface area (Å²) in [5.74, 6) is 0. The number of allylic oxidation sites excluding steroid dienone is 4. The van der Waals surface area contributed by atoms with Gasteiger partial charge in [0.25, 0.3) is 0 Å². The average molecular weight is 693 g/mol. The summed E-state index contributed by atoms with van der Waals surface area (Å²) in [7, 11) is 8.41. The fraction of sp³-hybridized carbons (Fsp3) is 0.364. The first-order valence-electron chi connectivity index (χ1n) is 19.2. The van der Waals surface area contributed by atoms with E-state index in [2.05, 4.69) is 166 Å². The molecule has 4 saturated heterocycles. The SMILES string of the molecule is C[n+]1ccc(C2=C3CCC(=C(c4cc[n+](C)cc4)C4CCC(N4)C(c4cc[n+](C)cc4)=C4CCC(N4)C(c4cc[n+](C)cc4)=C4CCC2N4)N3)cc1. The third kappa shape index (κ3) is 6.13. The summed E-state index contributed by atoms with van der Waals surface area (Å²) >= 11 is 0. The third-order valence-corrected chi connectivity index (χ3v) is 12.0. The smallest absolute Gasteiger partial charge is 0.169 e. The van der Waals surface area contributed by atoms with Gasteiger partial charge in [-0.2, -0.15) is 0 Å². The van der Waals surface area contributed by atoms with Crippen molar-refractivity contribution >= 4 is 22.3 Å². The molecule has 4 unspecified atom stereocenters. The first kappa shape index (κ1) is 32.8. The minimum atomic E-state index is 0.220. The van der Waals surface area contributed by atoms with Gasteiger partial charge in [0.2, 0.25) is 0 Å². The molecule has 52 heavy (non-hydrogen) atoms. The minimum absolute atomic E-state index is 0.220. The van der Waals surface area contributed by atoms with Gasteiger partial charge in [0.05, 0.1) is 12.1 Å². The lowest BCUT2D eigenvalue weighted by molar-refractivity contribution is -0.671. The molecule has 0 aliphatic carbocycles. The number of nitrogens with one attached hydrogen (secondary N) is 4. The van der Waals surface area contributed by atoms with E-state index in [9.17, 15) is 0 Å². The van der Waals surface area contributed by atoms with Crippen LogP contribution in [0.15, 0.2) is 121 Å². The van der Waals surface area contributed by atoms with E-state index in [0.29, 0.717) is 0 Å². The van der Waals surface area contributed by atoms with Gasteiger partial charge in [0.15, 0.2) is 49.6 Å². The minimum Gasteiger partial charge on any atom is -0.381 e.